The molecule has 0 aromatic heterocycles. The van der Waals surface area contributed by atoms with Crippen LogP contribution >= 0.6 is 31.7 Å². The molecule has 48 heavy (non-hydrogen) atoms. The van der Waals surface area contributed by atoms with Crippen molar-refractivity contribution in [3.63, 3.8) is 0 Å². The van der Waals surface area contributed by atoms with Gasteiger partial charge in [0.25, 0.3) is 0 Å². The molecule has 0 amide bonds. The predicted molar refractivity (Wildman–Crippen MR) is 223 cm³/mol. The molecule has 1 aliphatic heterocycles. The van der Waals surface area contributed by atoms with E-state index in [0.717, 1.165) is 0 Å². The molecular formula is C42H58N2P4. The molecule has 4 atom stereocenters. The highest BCUT2D eigenvalue weighted by atomic mass is 31.1. The molecule has 1 aliphatic rings. The summed E-state index contributed by atoms with van der Waals surface area (Å²) >= 11 is 0. The van der Waals surface area contributed by atoms with Crippen molar-refractivity contribution in [3.05, 3.63) is 121 Å². The minimum Gasteiger partial charge on any atom is -0.295 e. The zero-order valence-corrected chi connectivity index (χ0v) is 33.1. The van der Waals surface area contributed by atoms with Crippen molar-refractivity contribution in [2.24, 2.45) is 0 Å². The molecule has 0 spiro atoms. The van der Waals surface area contributed by atoms with Gasteiger partial charge in [-0.15, -0.1) is 0 Å². The third kappa shape index (κ3) is 12.4. The molecule has 0 bridgehead atoms. The van der Waals surface area contributed by atoms with Gasteiger partial charge in [0.1, 0.15) is 0 Å². The van der Waals surface area contributed by atoms with Crippen molar-refractivity contribution in [3.8, 4) is 0 Å². The third-order valence-corrected chi connectivity index (χ3v) is 19.8. The molecule has 0 aliphatic carbocycles. The SMILES string of the molecule is CCCN1CP(c2ccccc2)CCCCP(c2ccccc2)CN(CCC)CP(c2ccccc2)CCCCP(c2ccccc2)C1. The fourth-order valence-corrected chi connectivity index (χ4v) is 17.1. The molecular weight excluding hydrogens is 656 g/mol. The van der Waals surface area contributed by atoms with Crippen LogP contribution in [0.2, 0.25) is 0 Å². The van der Waals surface area contributed by atoms with Crippen LogP contribution in [0.5, 0.6) is 0 Å². The normalized spacial score (nSPS) is 23.2. The van der Waals surface area contributed by atoms with Gasteiger partial charge in [-0.1, -0.05) is 167 Å². The molecule has 1 heterocycles. The molecule has 1 fully saturated rings. The molecule has 4 aromatic carbocycles. The summed E-state index contributed by atoms with van der Waals surface area (Å²) < 4.78 is 0. The standard InChI is InChI=1S/C42H58N2P4/c1-3-29-43-35-45(39-21-9-5-10-22-39)31-17-19-33-47(41-25-13-7-14-26-41)37-44(30-4-2)38-48(42-27-15-8-16-28-42)34-20-18-32-46(36-43)40-23-11-6-12-24-40/h5-16,21-28H,3-4,17-20,29-38H2,1-2H3. The average molecular weight is 715 g/mol. The summed E-state index contributed by atoms with van der Waals surface area (Å²) in [6.45, 7) is 7.17. The van der Waals surface area contributed by atoms with Gasteiger partial charge >= 0.3 is 0 Å². The van der Waals surface area contributed by atoms with Gasteiger partial charge in [-0.3, -0.25) is 9.80 Å². The van der Waals surface area contributed by atoms with Gasteiger partial charge in [-0.05, 0) is 97.5 Å². The van der Waals surface area contributed by atoms with E-state index in [4.69, 9.17) is 0 Å². The Morgan fingerprint density at radius 2 is 0.604 bits per heavy atom. The third-order valence-electron chi connectivity index (χ3n) is 9.26. The first kappa shape index (κ1) is 37.8. The largest absolute Gasteiger partial charge is 0.295 e. The molecule has 6 heteroatoms. The van der Waals surface area contributed by atoms with E-state index in [-0.39, 0.29) is 31.7 Å². The summed E-state index contributed by atoms with van der Waals surface area (Å²) in [5.41, 5.74) is 0. The number of hydrogen-bond donors (Lipinski definition) is 0. The number of benzene rings is 4. The van der Waals surface area contributed by atoms with Crippen molar-refractivity contribution in [1.82, 2.24) is 9.80 Å². The van der Waals surface area contributed by atoms with Crippen LogP contribution in [-0.4, -0.2) is 72.7 Å². The fraction of sp³-hybridized carbons (Fsp3) is 0.429. The monoisotopic (exact) mass is 714 g/mol. The Hall–Kier alpha value is -1.48. The topological polar surface area (TPSA) is 6.48 Å². The molecule has 4 aromatic rings. The summed E-state index contributed by atoms with van der Waals surface area (Å²) in [7, 11) is -0.859. The van der Waals surface area contributed by atoms with Crippen molar-refractivity contribution in [2.45, 2.75) is 52.4 Å². The molecule has 0 saturated carbocycles. The zero-order valence-electron chi connectivity index (χ0n) is 29.5. The van der Waals surface area contributed by atoms with Gasteiger partial charge in [0.15, 0.2) is 0 Å². The van der Waals surface area contributed by atoms with Crippen LogP contribution < -0.4 is 21.2 Å². The Morgan fingerprint density at radius 3 is 0.812 bits per heavy atom. The first-order valence-corrected chi connectivity index (χ1v) is 25.2. The van der Waals surface area contributed by atoms with Crippen molar-refractivity contribution >= 4 is 52.9 Å². The van der Waals surface area contributed by atoms with E-state index in [1.807, 2.05) is 0 Å². The maximum atomic E-state index is 2.89. The Morgan fingerprint density at radius 1 is 0.375 bits per heavy atom. The van der Waals surface area contributed by atoms with E-state index in [1.54, 1.807) is 21.2 Å². The molecule has 0 N–H and O–H groups in total. The lowest BCUT2D eigenvalue weighted by molar-refractivity contribution is 0.371. The second-order valence-corrected chi connectivity index (χ2v) is 22.5. The van der Waals surface area contributed by atoms with Gasteiger partial charge < -0.3 is 0 Å². The number of rotatable bonds is 8. The van der Waals surface area contributed by atoms with Crippen LogP contribution in [-0.2, 0) is 0 Å². The van der Waals surface area contributed by atoms with Crippen LogP contribution in [0.4, 0.5) is 0 Å². The zero-order chi connectivity index (χ0) is 33.2. The van der Waals surface area contributed by atoms with Crippen LogP contribution in [0.1, 0.15) is 52.4 Å². The molecule has 1 saturated heterocycles. The average Bonchev–Trinajstić information content (AvgIpc) is 3.14. The van der Waals surface area contributed by atoms with E-state index in [2.05, 4.69) is 145 Å². The predicted octanol–water partition coefficient (Wildman–Crippen LogP) is 10.0. The van der Waals surface area contributed by atoms with E-state index in [1.165, 1.54) is 101 Å². The molecule has 4 unspecified atom stereocenters. The Labute approximate surface area is 298 Å². The lowest BCUT2D eigenvalue weighted by Crippen LogP contribution is -2.30. The lowest BCUT2D eigenvalue weighted by Gasteiger charge is -2.33. The fourth-order valence-electron chi connectivity index (χ4n) is 6.86. The second-order valence-electron chi connectivity index (χ2n) is 13.2. The quantitative estimate of drug-likeness (QED) is 0.168. The highest BCUT2D eigenvalue weighted by Gasteiger charge is 2.23. The summed E-state index contributed by atoms with van der Waals surface area (Å²) in [5.74, 6) is 0. The Balaban J connectivity index is 1.43. The number of hydrogen-bond acceptors (Lipinski definition) is 2. The smallest absolute Gasteiger partial charge is 0.0228 e. The Bertz CT molecular complexity index is 1180. The summed E-state index contributed by atoms with van der Waals surface area (Å²) in [4.78, 5) is 5.77. The van der Waals surface area contributed by atoms with Gasteiger partial charge in [-0.2, -0.15) is 0 Å². The van der Waals surface area contributed by atoms with E-state index in [0.29, 0.717) is 0 Å². The minimum absolute atomic E-state index is 0.215. The van der Waals surface area contributed by atoms with Crippen LogP contribution in [0.15, 0.2) is 121 Å². The number of nitrogens with zero attached hydrogens (tertiary/aromatic N) is 2. The van der Waals surface area contributed by atoms with Crippen molar-refractivity contribution in [2.75, 3.05) is 62.9 Å². The van der Waals surface area contributed by atoms with Crippen LogP contribution in [0, 0.1) is 0 Å². The van der Waals surface area contributed by atoms with Crippen molar-refractivity contribution < 1.29 is 0 Å². The first-order chi connectivity index (χ1) is 23.7. The van der Waals surface area contributed by atoms with Crippen LogP contribution in [0.3, 0.4) is 0 Å². The van der Waals surface area contributed by atoms with Gasteiger partial charge in [-0.25, -0.2) is 0 Å². The van der Waals surface area contributed by atoms with E-state index >= 15 is 0 Å². The molecule has 2 nitrogen and oxygen atoms in total. The molecule has 5 rings (SSSR count). The summed E-state index contributed by atoms with van der Waals surface area (Å²) in [5, 5.41) is 6.39. The molecule has 0 radical (unpaired) electrons. The van der Waals surface area contributed by atoms with Gasteiger partial charge in [0, 0.05) is 25.1 Å². The Kier molecular flexibility index (Phi) is 17.1. The summed E-state index contributed by atoms with van der Waals surface area (Å²) in [6.07, 6.45) is 18.2. The van der Waals surface area contributed by atoms with Crippen molar-refractivity contribution in [1.29, 1.82) is 0 Å². The van der Waals surface area contributed by atoms with Crippen LogP contribution in [0.25, 0.3) is 0 Å². The lowest BCUT2D eigenvalue weighted by atomic mass is 10.4. The second kappa shape index (κ2) is 21.7. The minimum atomic E-state index is -0.215. The highest BCUT2D eigenvalue weighted by molar-refractivity contribution is 7.67. The van der Waals surface area contributed by atoms with Gasteiger partial charge in [0.05, 0.1) is 0 Å². The maximum Gasteiger partial charge on any atom is 0.0228 e. The first-order valence-electron chi connectivity index (χ1n) is 18.4. The molecule has 256 valence electrons. The van der Waals surface area contributed by atoms with Gasteiger partial charge in [0.2, 0.25) is 0 Å². The highest BCUT2D eigenvalue weighted by Crippen LogP contribution is 2.45. The summed E-state index contributed by atoms with van der Waals surface area (Å²) in [6, 6.07) is 46.3. The maximum absolute atomic E-state index is 2.89. The van der Waals surface area contributed by atoms with E-state index in [9.17, 15) is 0 Å². The van der Waals surface area contributed by atoms with E-state index < -0.39 is 0 Å².